The van der Waals surface area contributed by atoms with Crippen molar-refractivity contribution in [3.05, 3.63) is 11.6 Å². The van der Waals surface area contributed by atoms with Crippen molar-refractivity contribution in [3.63, 3.8) is 0 Å². The molecular formula is C30H43NO8. The van der Waals surface area contributed by atoms with Crippen molar-refractivity contribution in [1.29, 1.82) is 0 Å². The lowest BCUT2D eigenvalue weighted by atomic mass is 9.46. The zero-order chi connectivity index (χ0) is 28.8. The second-order valence-electron chi connectivity index (χ2n) is 13.0. The minimum atomic E-state index is -1.58. The van der Waals surface area contributed by atoms with Gasteiger partial charge in [-0.2, -0.15) is 0 Å². The van der Waals surface area contributed by atoms with Gasteiger partial charge in [-0.3, -0.25) is 19.2 Å². The first-order valence-corrected chi connectivity index (χ1v) is 14.4. The normalized spacial score (nSPS) is 36.2. The van der Waals surface area contributed by atoms with Crippen LogP contribution < -0.4 is 5.32 Å². The van der Waals surface area contributed by atoms with Crippen LogP contribution in [0.15, 0.2) is 11.6 Å². The SMILES string of the molecule is CC(C)[C@@H](NC(=O)CCC(=O)OCC(=O)[C@]1(O)CC[C@@H]2[C@H]3CCC4=CC(=O)CC[C@]4(C)[C@@H]3CC[C@@]21C)C(=O)O. The number of nitrogens with one attached hydrogen (secondary N) is 1. The first-order valence-electron chi connectivity index (χ1n) is 14.4. The summed E-state index contributed by atoms with van der Waals surface area (Å²) in [7, 11) is 0. The molecule has 0 bridgehead atoms. The summed E-state index contributed by atoms with van der Waals surface area (Å²) in [5.41, 5.74) is -0.908. The van der Waals surface area contributed by atoms with Gasteiger partial charge in [-0.15, -0.1) is 0 Å². The van der Waals surface area contributed by atoms with Crippen LogP contribution in [-0.4, -0.2) is 57.9 Å². The predicted molar refractivity (Wildman–Crippen MR) is 141 cm³/mol. The van der Waals surface area contributed by atoms with Crippen molar-refractivity contribution in [2.75, 3.05) is 6.61 Å². The Balaban J connectivity index is 1.34. The lowest BCUT2D eigenvalue weighted by molar-refractivity contribution is -0.170. The van der Waals surface area contributed by atoms with E-state index in [1.165, 1.54) is 5.57 Å². The number of ketones is 2. The highest BCUT2D eigenvalue weighted by Crippen LogP contribution is 2.67. The number of carbonyl (C=O) groups is 5. The summed E-state index contributed by atoms with van der Waals surface area (Å²) in [6.07, 6.45) is 7.28. The summed E-state index contributed by atoms with van der Waals surface area (Å²) >= 11 is 0. The van der Waals surface area contributed by atoms with E-state index in [9.17, 15) is 34.2 Å². The third-order valence-electron chi connectivity index (χ3n) is 10.7. The van der Waals surface area contributed by atoms with Gasteiger partial charge in [-0.1, -0.05) is 33.3 Å². The molecule has 0 saturated heterocycles. The molecule has 7 atom stereocenters. The molecule has 0 radical (unpaired) electrons. The van der Waals surface area contributed by atoms with Gasteiger partial charge in [0.25, 0.3) is 0 Å². The Morgan fingerprint density at radius 1 is 1.03 bits per heavy atom. The van der Waals surface area contributed by atoms with Gasteiger partial charge in [0, 0.05) is 18.3 Å². The Bertz CT molecular complexity index is 1080. The van der Waals surface area contributed by atoms with Gasteiger partial charge in [-0.25, -0.2) is 4.79 Å². The smallest absolute Gasteiger partial charge is 0.326 e. The zero-order valence-corrected chi connectivity index (χ0v) is 23.6. The molecule has 216 valence electrons. The van der Waals surface area contributed by atoms with E-state index in [2.05, 4.69) is 12.2 Å². The monoisotopic (exact) mass is 545 g/mol. The Kier molecular flexibility index (Phi) is 8.14. The van der Waals surface area contributed by atoms with E-state index in [4.69, 9.17) is 4.74 Å². The molecule has 4 aliphatic rings. The third-order valence-corrected chi connectivity index (χ3v) is 10.7. The number of carboxylic acids is 1. The summed E-state index contributed by atoms with van der Waals surface area (Å²) in [5, 5.41) is 23.3. The molecule has 3 N–H and O–H groups in total. The second kappa shape index (κ2) is 10.8. The van der Waals surface area contributed by atoms with E-state index in [1.54, 1.807) is 13.8 Å². The average Bonchev–Trinajstić information content (AvgIpc) is 3.16. The summed E-state index contributed by atoms with van der Waals surface area (Å²) in [6.45, 7) is 7.10. The molecule has 9 nitrogen and oxygen atoms in total. The van der Waals surface area contributed by atoms with Crippen LogP contribution >= 0.6 is 0 Å². The molecule has 3 fully saturated rings. The molecule has 0 aliphatic heterocycles. The van der Waals surface area contributed by atoms with Gasteiger partial charge in [-0.05, 0) is 80.1 Å². The van der Waals surface area contributed by atoms with Crippen LogP contribution in [0, 0.1) is 34.5 Å². The van der Waals surface area contributed by atoms with Crippen LogP contribution in [0.4, 0.5) is 0 Å². The Hall–Kier alpha value is -2.55. The summed E-state index contributed by atoms with van der Waals surface area (Å²) in [5.74, 6) is -2.07. The van der Waals surface area contributed by atoms with Crippen LogP contribution in [0.3, 0.4) is 0 Å². The number of amides is 1. The Morgan fingerprint density at radius 3 is 2.38 bits per heavy atom. The fraction of sp³-hybridized carbons (Fsp3) is 0.767. The number of Topliss-reactive ketones (excluding diaryl/α,β-unsaturated/α-hetero) is 1. The van der Waals surface area contributed by atoms with Crippen LogP contribution in [0.2, 0.25) is 0 Å². The van der Waals surface area contributed by atoms with Gasteiger partial charge >= 0.3 is 11.9 Å². The van der Waals surface area contributed by atoms with E-state index in [1.807, 2.05) is 13.0 Å². The number of carbonyl (C=O) groups excluding carboxylic acids is 4. The van der Waals surface area contributed by atoms with Crippen molar-refractivity contribution >= 4 is 29.4 Å². The first kappa shape index (κ1) is 29.4. The lowest BCUT2D eigenvalue weighted by Gasteiger charge is -2.58. The highest BCUT2D eigenvalue weighted by Gasteiger charge is 2.66. The third kappa shape index (κ3) is 5.19. The van der Waals surface area contributed by atoms with Crippen molar-refractivity contribution in [1.82, 2.24) is 5.32 Å². The number of hydrogen-bond acceptors (Lipinski definition) is 7. The minimum Gasteiger partial charge on any atom is -0.480 e. The van der Waals surface area contributed by atoms with Crippen LogP contribution in [-0.2, 0) is 28.7 Å². The number of aliphatic hydroxyl groups is 1. The number of esters is 1. The molecule has 1 amide bonds. The summed E-state index contributed by atoms with van der Waals surface area (Å²) < 4.78 is 5.18. The van der Waals surface area contributed by atoms with E-state index >= 15 is 0 Å². The average molecular weight is 546 g/mol. The van der Waals surface area contributed by atoms with E-state index in [-0.39, 0.29) is 35.9 Å². The summed E-state index contributed by atoms with van der Waals surface area (Å²) in [4.78, 5) is 61.0. The molecular weight excluding hydrogens is 502 g/mol. The number of fused-ring (bicyclic) bond motifs is 5. The van der Waals surface area contributed by atoms with Crippen LogP contribution in [0.1, 0.15) is 91.9 Å². The number of allylic oxidation sites excluding steroid dienone is 1. The number of aliphatic carboxylic acids is 1. The second-order valence-corrected chi connectivity index (χ2v) is 13.0. The number of carboxylic acid groups (broad SMARTS) is 1. The quantitative estimate of drug-likeness (QED) is 0.374. The highest BCUT2D eigenvalue weighted by molar-refractivity contribution is 5.92. The maximum Gasteiger partial charge on any atom is 0.326 e. The molecule has 4 rings (SSSR count). The largest absolute Gasteiger partial charge is 0.480 e. The fourth-order valence-electron chi connectivity index (χ4n) is 8.35. The van der Waals surface area contributed by atoms with Gasteiger partial charge in [0.05, 0.1) is 6.42 Å². The van der Waals surface area contributed by atoms with Crippen LogP contribution in [0.25, 0.3) is 0 Å². The standard InChI is InChI=1S/C30H43NO8/c1-17(2)26(27(36)37)31-24(34)7-8-25(35)39-16-23(33)30(38)14-11-22-20-6-5-18-15-19(32)9-12-28(18,3)21(20)10-13-29(22,30)4/h15,17,20-22,26,38H,5-14,16H2,1-4H3,(H,31,34)(H,36,37)/t20-,21+,22+,26+,28-,29-,30+/m0/s1. The molecule has 0 aromatic carbocycles. The molecule has 0 aromatic heterocycles. The molecule has 9 heteroatoms. The molecule has 0 spiro atoms. The Labute approximate surface area is 230 Å². The van der Waals surface area contributed by atoms with Gasteiger partial charge in [0.1, 0.15) is 11.6 Å². The number of hydrogen-bond donors (Lipinski definition) is 3. The zero-order valence-electron chi connectivity index (χ0n) is 23.6. The molecule has 3 saturated carbocycles. The van der Waals surface area contributed by atoms with Gasteiger partial charge < -0.3 is 20.3 Å². The topological polar surface area (TPSA) is 147 Å². The minimum absolute atomic E-state index is 0.00431. The first-order chi connectivity index (χ1) is 18.2. The Morgan fingerprint density at radius 2 is 1.72 bits per heavy atom. The van der Waals surface area contributed by atoms with E-state index < -0.39 is 47.3 Å². The van der Waals surface area contributed by atoms with E-state index in [0.29, 0.717) is 31.1 Å². The lowest BCUT2D eigenvalue weighted by Crippen LogP contribution is -2.58. The van der Waals surface area contributed by atoms with Gasteiger partial charge in [0.15, 0.2) is 12.4 Å². The molecule has 39 heavy (non-hydrogen) atoms. The van der Waals surface area contributed by atoms with Crippen molar-refractivity contribution < 1.29 is 38.9 Å². The van der Waals surface area contributed by atoms with Crippen molar-refractivity contribution in [2.45, 2.75) is 104 Å². The van der Waals surface area contributed by atoms with Crippen molar-refractivity contribution in [3.8, 4) is 0 Å². The number of rotatable bonds is 9. The molecule has 0 heterocycles. The molecule has 0 unspecified atom stereocenters. The van der Waals surface area contributed by atoms with E-state index in [0.717, 1.165) is 32.1 Å². The highest BCUT2D eigenvalue weighted by atomic mass is 16.5. The maximum absolute atomic E-state index is 13.3. The molecule has 0 aromatic rings. The number of ether oxygens (including phenoxy) is 1. The summed E-state index contributed by atoms with van der Waals surface area (Å²) in [6, 6.07) is -1.05. The maximum atomic E-state index is 13.3. The van der Waals surface area contributed by atoms with Crippen LogP contribution in [0.5, 0.6) is 0 Å². The van der Waals surface area contributed by atoms with Gasteiger partial charge in [0.2, 0.25) is 11.7 Å². The molecule has 4 aliphatic carbocycles. The van der Waals surface area contributed by atoms with Crippen molar-refractivity contribution in [2.24, 2.45) is 34.5 Å². The predicted octanol–water partition coefficient (Wildman–Crippen LogP) is 3.37. The fourth-order valence-corrected chi connectivity index (χ4v) is 8.35.